The van der Waals surface area contributed by atoms with Gasteiger partial charge in [0.15, 0.2) is 0 Å². The molecule has 0 spiro atoms. The highest BCUT2D eigenvalue weighted by Crippen LogP contribution is 2.53. The molecule has 1 fully saturated rings. The highest BCUT2D eigenvalue weighted by molar-refractivity contribution is 5.94. The number of rotatable bonds is 1. The molecule has 3 heterocycles. The highest BCUT2D eigenvalue weighted by Gasteiger charge is 2.47. The van der Waals surface area contributed by atoms with Crippen molar-refractivity contribution in [3.63, 3.8) is 0 Å². The Labute approximate surface area is 127 Å². The molecule has 0 saturated carbocycles. The topological polar surface area (TPSA) is 42.7 Å². The Balaban J connectivity index is 1.92. The predicted octanol–water partition coefficient (Wildman–Crippen LogP) is 3.60. The molecular formula is C17H16FNO3. The van der Waals surface area contributed by atoms with Crippen molar-refractivity contribution in [2.45, 2.75) is 25.5 Å². The van der Waals surface area contributed by atoms with Crippen molar-refractivity contribution in [1.29, 1.82) is 0 Å². The van der Waals surface area contributed by atoms with Crippen LogP contribution in [0.1, 0.15) is 36.8 Å². The summed E-state index contributed by atoms with van der Waals surface area (Å²) in [6.45, 7) is 2.13. The summed E-state index contributed by atoms with van der Waals surface area (Å²) in [7, 11) is 0. The second-order valence-electron chi connectivity index (χ2n) is 5.80. The standard InChI is InChI=1S/C17H16FNO3/c1-10(20)19-14-5-4-11(18)9-13(14)17-12(6-8-22-17)16(19)15-3-2-7-21-15/h2-5,7,9,12,16-17H,6,8H2,1H3/t12-,16+,17+/m1/s1. The summed E-state index contributed by atoms with van der Waals surface area (Å²) in [6.07, 6.45) is 2.23. The summed E-state index contributed by atoms with van der Waals surface area (Å²) < 4.78 is 25.1. The number of halogens is 1. The Morgan fingerprint density at radius 2 is 2.23 bits per heavy atom. The van der Waals surface area contributed by atoms with Crippen molar-refractivity contribution in [3.05, 3.63) is 53.7 Å². The van der Waals surface area contributed by atoms with Crippen LogP contribution in [0, 0.1) is 11.7 Å². The number of furan rings is 1. The number of hydrogen-bond acceptors (Lipinski definition) is 3. The van der Waals surface area contributed by atoms with Gasteiger partial charge in [-0.15, -0.1) is 0 Å². The van der Waals surface area contributed by atoms with Crippen molar-refractivity contribution in [1.82, 2.24) is 0 Å². The third-order valence-electron chi connectivity index (χ3n) is 4.55. The Morgan fingerprint density at radius 3 is 2.95 bits per heavy atom. The number of nitrogens with zero attached hydrogens (tertiary/aromatic N) is 1. The number of ether oxygens (including phenoxy) is 1. The van der Waals surface area contributed by atoms with E-state index in [2.05, 4.69) is 0 Å². The van der Waals surface area contributed by atoms with E-state index in [-0.39, 0.29) is 29.8 Å². The molecule has 0 bridgehead atoms. The van der Waals surface area contributed by atoms with Gasteiger partial charge in [-0.1, -0.05) is 0 Å². The molecule has 22 heavy (non-hydrogen) atoms. The van der Waals surface area contributed by atoms with E-state index in [0.717, 1.165) is 17.7 Å². The molecule has 2 aliphatic rings. The van der Waals surface area contributed by atoms with Gasteiger partial charge in [0.25, 0.3) is 0 Å². The maximum atomic E-state index is 13.7. The molecule has 1 aromatic carbocycles. The van der Waals surface area contributed by atoms with Crippen LogP contribution in [0.15, 0.2) is 41.0 Å². The van der Waals surface area contributed by atoms with E-state index >= 15 is 0 Å². The van der Waals surface area contributed by atoms with Gasteiger partial charge in [0, 0.05) is 25.0 Å². The van der Waals surface area contributed by atoms with Crippen molar-refractivity contribution in [2.24, 2.45) is 5.92 Å². The number of carbonyl (C=O) groups is 1. The van der Waals surface area contributed by atoms with E-state index in [1.54, 1.807) is 17.2 Å². The Bertz CT molecular complexity index is 713. The van der Waals surface area contributed by atoms with Crippen molar-refractivity contribution in [2.75, 3.05) is 11.5 Å². The predicted molar refractivity (Wildman–Crippen MR) is 77.8 cm³/mol. The third-order valence-corrected chi connectivity index (χ3v) is 4.55. The molecule has 0 radical (unpaired) electrons. The smallest absolute Gasteiger partial charge is 0.224 e. The molecule has 4 rings (SSSR count). The molecule has 2 aromatic rings. The van der Waals surface area contributed by atoms with Gasteiger partial charge in [-0.3, -0.25) is 4.79 Å². The summed E-state index contributed by atoms with van der Waals surface area (Å²) in [5, 5.41) is 0. The van der Waals surface area contributed by atoms with Crippen LogP contribution >= 0.6 is 0 Å². The third kappa shape index (κ3) is 1.89. The average Bonchev–Trinajstić information content (AvgIpc) is 3.17. The Morgan fingerprint density at radius 1 is 1.36 bits per heavy atom. The number of anilines is 1. The molecular weight excluding hydrogens is 285 g/mol. The molecule has 114 valence electrons. The maximum Gasteiger partial charge on any atom is 0.224 e. The number of fused-ring (bicyclic) bond motifs is 3. The lowest BCUT2D eigenvalue weighted by Gasteiger charge is -2.42. The van der Waals surface area contributed by atoms with E-state index in [0.29, 0.717) is 12.3 Å². The number of benzene rings is 1. The second kappa shape index (κ2) is 4.95. The van der Waals surface area contributed by atoms with Crippen LogP contribution in [-0.4, -0.2) is 12.5 Å². The SMILES string of the molecule is CC(=O)N1c2ccc(F)cc2[C@H]2OCC[C@@H]2[C@H]1c1ccco1. The molecule has 0 aliphatic carbocycles. The second-order valence-corrected chi connectivity index (χ2v) is 5.80. The molecule has 4 nitrogen and oxygen atoms in total. The number of hydrogen-bond donors (Lipinski definition) is 0. The molecule has 5 heteroatoms. The summed E-state index contributed by atoms with van der Waals surface area (Å²) in [5.74, 6) is 0.419. The average molecular weight is 301 g/mol. The lowest BCUT2D eigenvalue weighted by Crippen LogP contribution is -2.42. The number of amides is 1. The summed E-state index contributed by atoms with van der Waals surface area (Å²) >= 11 is 0. The van der Waals surface area contributed by atoms with E-state index in [9.17, 15) is 9.18 Å². The fraction of sp³-hybridized carbons (Fsp3) is 0.353. The summed E-state index contributed by atoms with van der Waals surface area (Å²) in [6, 6.07) is 8.00. The first kappa shape index (κ1) is 13.5. The molecule has 1 aromatic heterocycles. The van der Waals surface area contributed by atoms with Gasteiger partial charge < -0.3 is 14.1 Å². The monoisotopic (exact) mass is 301 g/mol. The van der Waals surface area contributed by atoms with Gasteiger partial charge in [-0.2, -0.15) is 0 Å². The van der Waals surface area contributed by atoms with Crippen LogP contribution in [0.25, 0.3) is 0 Å². The van der Waals surface area contributed by atoms with Gasteiger partial charge in [0.1, 0.15) is 17.6 Å². The number of carbonyl (C=O) groups excluding carboxylic acids is 1. The normalized spacial score (nSPS) is 26.6. The van der Waals surface area contributed by atoms with Gasteiger partial charge in [0.2, 0.25) is 5.91 Å². The van der Waals surface area contributed by atoms with Crippen molar-refractivity contribution in [3.8, 4) is 0 Å². The fourth-order valence-electron chi connectivity index (χ4n) is 3.73. The zero-order valence-electron chi connectivity index (χ0n) is 12.2. The Hall–Kier alpha value is -2.14. The first-order chi connectivity index (χ1) is 10.7. The minimum Gasteiger partial charge on any atom is -0.467 e. The Kier molecular flexibility index (Phi) is 3.04. The molecule has 3 atom stereocenters. The molecule has 0 unspecified atom stereocenters. The van der Waals surface area contributed by atoms with Gasteiger partial charge >= 0.3 is 0 Å². The summed E-state index contributed by atoms with van der Waals surface area (Å²) in [5.41, 5.74) is 1.46. The van der Waals surface area contributed by atoms with Crippen LogP contribution in [0.2, 0.25) is 0 Å². The van der Waals surface area contributed by atoms with Crippen LogP contribution in [-0.2, 0) is 9.53 Å². The van der Waals surface area contributed by atoms with Gasteiger partial charge in [-0.25, -0.2) is 4.39 Å². The molecule has 0 N–H and O–H groups in total. The lowest BCUT2D eigenvalue weighted by atomic mass is 9.81. The van der Waals surface area contributed by atoms with E-state index in [1.807, 2.05) is 12.1 Å². The van der Waals surface area contributed by atoms with Crippen LogP contribution < -0.4 is 4.90 Å². The van der Waals surface area contributed by atoms with Crippen molar-refractivity contribution < 1.29 is 18.3 Å². The van der Waals surface area contributed by atoms with Gasteiger partial charge in [0.05, 0.1) is 18.1 Å². The van der Waals surface area contributed by atoms with Crippen LogP contribution in [0.3, 0.4) is 0 Å². The van der Waals surface area contributed by atoms with Gasteiger partial charge in [-0.05, 0) is 36.8 Å². The first-order valence-corrected chi connectivity index (χ1v) is 7.41. The fourth-order valence-corrected chi connectivity index (χ4v) is 3.73. The molecule has 1 amide bonds. The first-order valence-electron chi connectivity index (χ1n) is 7.41. The molecule has 1 saturated heterocycles. The minimum atomic E-state index is -0.312. The zero-order valence-corrected chi connectivity index (χ0v) is 12.2. The van der Waals surface area contributed by atoms with E-state index < -0.39 is 0 Å². The largest absolute Gasteiger partial charge is 0.467 e. The molecule has 2 aliphatic heterocycles. The van der Waals surface area contributed by atoms with Crippen LogP contribution in [0.4, 0.5) is 10.1 Å². The maximum absolute atomic E-state index is 13.7. The minimum absolute atomic E-state index is 0.0735. The van der Waals surface area contributed by atoms with Crippen LogP contribution in [0.5, 0.6) is 0 Å². The zero-order chi connectivity index (χ0) is 15.3. The van der Waals surface area contributed by atoms with Crippen molar-refractivity contribution >= 4 is 11.6 Å². The quantitative estimate of drug-likeness (QED) is 0.808. The lowest BCUT2D eigenvalue weighted by molar-refractivity contribution is -0.117. The van der Waals surface area contributed by atoms with E-state index in [1.165, 1.54) is 19.1 Å². The highest BCUT2D eigenvalue weighted by atomic mass is 19.1. The summed E-state index contributed by atoms with van der Waals surface area (Å²) in [4.78, 5) is 14.0. The van der Waals surface area contributed by atoms with E-state index in [4.69, 9.17) is 9.15 Å².